The van der Waals surface area contributed by atoms with Crippen LogP contribution in [-0.4, -0.2) is 29.8 Å². The van der Waals surface area contributed by atoms with E-state index in [2.05, 4.69) is 17.3 Å². The fraction of sp³-hybridized carbons (Fsp3) is 0.353. The van der Waals surface area contributed by atoms with Crippen molar-refractivity contribution < 1.29 is 19.1 Å². The van der Waals surface area contributed by atoms with Crippen molar-refractivity contribution >= 4 is 29.6 Å². The molecule has 2 amide bonds. The molecule has 24 heavy (non-hydrogen) atoms. The van der Waals surface area contributed by atoms with Crippen molar-refractivity contribution in [3.63, 3.8) is 0 Å². The number of allylic oxidation sites excluding steroid dienone is 2. The van der Waals surface area contributed by atoms with Crippen LogP contribution in [0.3, 0.4) is 0 Å². The second kappa shape index (κ2) is 4.83. The summed E-state index contributed by atoms with van der Waals surface area (Å²) in [6.45, 7) is 0.147. The Labute approximate surface area is 142 Å². The minimum atomic E-state index is -0.253. The first-order valence-corrected chi connectivity index (χ1v) is 8.20. The Kier molecular flexibility index (Phi) is 2.83. The van der Waals surface area contributed by atoms with Crippen molar-refractivity contribution in [1.29, 1.82) is 0 Å². The third-order valence-electron chi connectivity index (χ3n) is 5.25. The fourth-order valence-corrected chi connectivity index (χ4v) is 4.35. The molecule has 4 aliphatic rings. The normalized spacial score (nSPS) is 32.5. The average Bonchev–Trinajstić information content (AvgIpc) is 3.31. The highest BCUT2D eigenvalue weighted by Crippen LogP contribution is 2.52. The van der Waals surface area contributed by atoms with Crippen LogP contribution >= 0.6 is 11.6 Å². The standard InChI is InChI=1S/C17H13ClN2O4/c18-11-5-13-12(23-7-24-13)4-10(11)6-19-20-16(21)14-8-1-2-9(3-8)15(14)17(20)22/h1-2,4-6,8-9,14-15H,3,7H2. The lowest BCUT2D eigenvalue weighted by Crippen LogP contribution is -2.28. The van der Waals surface area contributed by atoms with Crippen LogP contribution < -0.4 is 9.47 Å². The molecule has 0 radical (unpaired) electrons. The van der Waals surface area contributed by atoms with Gasteiger partial charge in [-0.15, -0.1) is 0 Å². The van der Waals surface area contributed by atoms with Crippen molar-refractivity contribution in [3.05, 3.63) is 34.9 Å². The highest BCUT2D eigenvalue weighted by atomic mass is 35.5. The number of ether oxygens (including phenoxy) is 2. The van der Waals surface area contributed by atoms with Crippen LogP contribution in [-0.2, 0) is 9.59 Å². The van der Waals surface area contributed by atoms with E-state index < -0.39 is 0 Å². The lowest BCUT2D eigenvalue weighted by atomic mass is 9.85. The van der Waals surface area contributed by atoms with E-state index in [1.165, 1.54) is 6.21 Å². The Morgan fingerprint density at radius 3 is 2.38 bits per heavy atom. The number of amides is 2. The molecule has 0 N–H and O–H groups in total. The van der Waals surface area contributed by atoms with Crippen LogP contribution in [0.5, 0.6) is 11.5 Å². The number of halogens is 1. The van der Waals surface area contributed by atoms with Gasteiger partial charge < -0.3 is 9.47 Å². The first-order chi connectivity index (χ1) is 11.6. The lowest BCUT2D eigenvalue weighted by molar-refractivity contribution is -0.140. The summed E-state index contributed by atoms with van der Waals surface area (Å²) in [4.78, 5) is 25.1. The first-order valence-electron chi connectivity index (χ1n) is 7.83. The third kappa shape index (κ3) is 1.80. The maximum atomic E-state index is 12.6. The van der Waals surface area contributed by atoms with Gasteiger partial charge in [0.25, 0.3) is 11.8 Å². The summed E-state index contributed by atoms with van der Waals surface area (Å²) in [6.07, 6.45) is 6.44. The molecule has 4 unspecified atom stereocenters. The zero-order chi connectivity index (χ0) is 16.4. The van der Waals surface area contributed by atoms with Gasteiger partial charge in [0, 0.05) is 11.6 Å². The summed E-state index contributed by atoms with van der Waals surface area (Å²) in [5.41, 5.74) is 0.569. The molecule has 4 atom stereocenters. The maximum Gasteiger partial charge on any atom is 0.254 e. The second-order valence-electron chi connectivity index (χ2n) is 6.46. The fourth-order valence-electron chi connectivity index (χ4n) is 4.15. The smallest absolute Gasteiger partial charge is 0.254 e. The van der Waals surface area contributed by atoms with Crippen LogP contribution in [0.25, 0.3) is 0 Å². The van der Waals surface area contributed by atoms with E-state index in [1.54, 1.807) is 12.1 Å². The molecule has 1 saturated heterocycles. The molecule has 7 heteroatoms. The highest BCUT2D eigenvalue weighted by Gasteiger charge is 2.59. The molecule has 2 aliphatic heterocycles. The van der Waals surface area contributed by atoms with Gasteiger partial charge in [0.1, 0.15) is 0 Å². The lowest BCUT2D eigenvalue weighted by Gasteiger charge is -2.13. The largest absolute Gasteiger partial charge is 0.454 e. The van der Waals surface area contributed by atoms with E-state index in [1.807, 2.05) is 0 Å². The van der Waals surface area contributed by atoms with Crippen molar-refractivity contribution in [2.45, 2.75) is 6.42 Å². The van der Waals surface area contributed by atoms with E-state index >= 15 is 0 Å². The molecule has 0 aromatic heterocycles. The molecule has 2 bridgehead atoms. The van der Waals surface area contributed by atoms with Gasteiger partial charge in [-0.2, -0.15) is 10.1 Å². The van der Waals surface area contributed by atoms with Crippen molar-refractivity contribution in [2.75, 3.05) is 6.79 Å². The number of imide groups is 1. The number of rotatable bonds is 2. The summed E-state index contributed by atoms with van der Waals surface area (Å²) in [6, 6.07) is 3.32. The first kappa shape index (κ1) is 14.0. The summed E-state index contributed by atoms with van der Waals surface area (Å²) in [7, 11) is 0. The molecule has 2 fully saturated rings. The maximum absolute atomic E-state index is 12.6. The SMILES string of the molecule is O=C1C2C3C=CC(C3)C2C(=O)N1N=Cc1cc2c(cc1Cl)OCO2. The summed E-state index contributed by atoms with van der Waals surface area (Å²) in [5, 5.41) is 5.54. The number of benzene rings is 1. The van der Waals surface area contributed by atoms with Gasteiger partial charge in [-0.3, -0.25) is 9.59 Å². The predicted octanol–water partition coefficient (Wildman–Crippen LogP) is 2.21. The number of hydrogen-bond acceptors (Lipinski definition) is 5. The zero-order valence-corrected chi connectivity index (χ0v) is 13.3. The minimum Gasteiger partial charge on any atom is -0.454 e. The van der Waals surface area contributed by atoms with E-state index in [-0.39, 0.29) is 42.3 Å². The molecule has 2 heterocycles. The number of fused-ring (bicyclic) bond motifs is 6. The molecule has 1 aromatic carbocycles. The third-order valence-corrected chi connectivity index (χ3v) is 5.58. The van der Waals surface area contributed by atoms with Crippen LogP contribution in [0.1, 0.15) is 12.0 Å². The summed E-state index contributed by atoms with van der Waals surface area (Å²) in [5.74, 6) is 0.553. The van der Waals surface area contributed by atoms with Gasteiger partial charge in [-0.25, -0.2) is 0 Å². The van der Waals surface area contributed by atoms with Crippen LogP contribution in [0.4, 0.5) is 0 Å². The molecular formula is C17H13ClN2O4. The number of carbonyl (C=O) groups is 2. The van der Waals surface area contributed by atoms with Crippen molar-refractivity contribution in [3.8, 4) is 11.5 Å². The topological polar surface area (TPSA) is 68.2 Å². The van der Waals surface area contributed by atoms with Gasteiger partial charge >= 0.3 is 0 Å². The molecular weight excluding hydrogens is 332 g/mol. The summed E-state index contributed by atoms with van der Waals surface area (Å²) < 4.78 is 10.6. The molecule has 0 spiro atoms. The van der Waals surface area contributed by atoms with Crippen molar-refractivity contribution in [2.24, 2.45) is 28.8 Å². The Morgan fingerprint density at radius 2 is 1.71 bits per heavy atom. The molecule has 122 valence electrons. The van der Waals surface area contributed by atoms with Crippen molar-refractivity contribution in [1.82, 2.24) is 5.01 Å². The summed E-state index contributed by atoms with van der Waals surface area (Å²) >= 11 is 6.19. The van der Waals surface area contributed by atoms with Gasteiger partial charge in [-0.05, 0) is 24.3 Å². The van der Waals surface area contributed by atoms with Crippen LogP contribution in [0.15, 0.2) is 29.4 Å². The number of hydrazone groups is 1. The average molecular weight is 345 g/mol. The van der Waals surface area contributed by atoms with E-state index in [0.717, 1.165) is 11.4 Å². The second-order valence-corrected chi connectivity index (χ2v) is 6.87. The van der Waals surface area contributed by atoms with Gasteiger partial charge in [0.05, 0.1) is 23.1 Å². The number of hydrogen-bond donors (Lipinski definition) is 0. The van der Waals surface area contributed by atoms with Gasteiger partial charge in [0.2, 0.25) is 6.79 Å². The van der Waals surface area contributed by atoms with Gasteiger partial charge in [-0.1, -0.05) is 23.8 Å². The van der Waals surface area contributed by atoms with Crippen LogP contribution in [0, 0.1) is 23.7 Å². The van der Waals surface area contributed by atoms with E-state index in [0.29, 0.717) is 22.1 Å². The number of carbonyl (C=O) groups excluding carboxylic acids is 2. The van der Waals surface area contributed by atoms with Crippen LogP contribution in [0.2, 0.25) is 5.02 Å². The number of nitrogens with zero attached hydrogens (tertiary/aromatic N) is 2. The quantitative estimate of drug-likeness (QED) is 0.468. The zero-order valence-electron chi connectivity index (χ0n) is 12.5. The minimum absolute atomic E-state index is 0.147. The Morgan fingerprint density at radius 1 is 1.08 bits per heavy atom. The molecule has 6 nitrogen and oxygen atoms in total. The molecule has 1 aromatic rings. The van der Waals surface area contributed by atoms with Gasteiger partial charge in [0.15, 0.2) is 11.5 Å². The monoisotopic (exact) mass is 344 g/mol. The Balaban J connectivity index is 1.44. The van der Waals surface area contributed by atoms with E-state index in [4.69, 9.17) is 21.1 Å². The highest BCUT2D eigenvalue weighted by molar-refractivity contribution is 6.33. The molecule has 1 saturated carbocycles. The molecule has 5 rings (SSSR count). The van der Waals surface area contributed by atoms with E-state index in [9.17, 15) is 9.59 Å². The Bertz CT molecular complexity index is 804. The predicted molar refractivity (Wildman–Crippen MR) is 84.7 cm³/mol. The Hall–Kier alpha value is -2.34. The molecule has 2 aliphatic carbocycles.